The third-order valence-electron chi connectivity index (χ3n) is 7.82. The number of carbonyl (C=O) groups excluding carboxylic acids is 3. The van der Waals surface area contributed by atoms with Crippen LogP contribution in [0.25, 0.3) is 0 Å². The van der Waals surface area contributed by atoms with Crippen LogP contribution in [0.2, 0.25) is 5.02 Å². The average Bonchev–Trinajstić information content (AvgIpc) is 3.19. The molecule has 0 saturated carbocycles. The molecular weight excluding hydrogens is 484 g/mol. The third kappa shape index (κ3) is 3.78. The second-order valence-corrected chi connectivity index (χ2v) is 10.6. The second-order valence-electron chi connectivity index (χ2n) is 10.2. The van der Waals surface area contributed by atoms with Gasteiger partial charge in [-0.25, -0.2) is 0 Å². The standard InChI is InChI=1S/C27H31ClN2O6/c1-17(16-31)30-22-24(33)29(19-10-8-18(28)9-11-19)14-7-13-27(22)20(23(30)32)21-25(34)35-15-6-4-3-5-12-26(21,2)36-27/h5,7-13,17,20-22,31H,3-4,6,14-16H2,1-2H3/b12-5-/t17-,20+,21-,22?,26+,27+/m1/s1. The number of rotatable bonds is 3. The monoisotopic (exact) mass is 514 g/mol. The van der Waals surface area contributed by atoms with Crippen molar-refractivity contribution < 1.29 is 29.0 Å². The molecule has 4 heterocycles. The van der Waals surface area contributed by atoms with Gasteiger partial charge in [0, 0.05) is 17.3 Å². The fourth-order valence-corrected chi connectivity index (χ4v) is 6.28. The number of ether oxygens (including phenoxy) is 2. The summed E-state index contributed by atoms with van der Waals surface area (Å²) in [6.07, 6.45) is 9.82. The van der Waals surface area contributed by atoms with Gasteiger partial charge in [-0.15, -0.1) is 0 Å². The molecule has 0 bridgehead atoms. The molecule has 1 aromatic rings. The molecule has 9 heteroatoms. The molecule has 1 N–H and O–H groups in total. The van der Waals surface area contributed by atoms with E-state index in [9.17, 15) is 19.5 Å². The summed E-state index contributed by atoms with van der Waals surface area (Å²) in [6.45, 7) is 3.66. The molecule has 8 nitrogen and oxygen atoms in total. The van der Waals surface area contributed by atoms with Gasteiger partial charge >= 0.3 is 5.97 Å². The molecule has 36 heavy (non-hydrogen) atoms. The van der Waals surface area contributed by atoms with Crippen LogP contribution in [0.3, 0.4) is 0 Å². The lowest BCUT2D eigenvalue weighted by Crippen LogP contribution is -2.58. The van der Waals surface area contributed by atoms with Crippen molar-refractivity contribution >= 4 is 35.1 Å². The Morgan fingerprint density at radius 2 is 1.83 bits per heavy atom. The number of hydrogen-bond donors (Lipinski definition) is 1. The third-order valence-corrected chi connectivity index (χ3v) is 8.07. The van der Waals surface area contributed by atoms with Crippen LogP contribution in [-0.2, 0) is 23.9 Å². The predicted octanol–water partition coefficient (Wildman–Crippen LogP) is 2.88. The molecule has 4 aliphatic heterocycles. The Labute approximate surface area is 215 Å². The number of nitrogens with zero attached hydrogens (tertiary/aromatic N) is 2. The summed E-state index contributed by atoms with van der Waals surface area (Å²) < 4.78 is 12.3. The van der Waals surface area contributed by atoms with Crippen LogP contribution >= 0.6 is 11.6 Å². The predicted molar refractivity (Wildman–Crippen MR) is 133 cm³/mol. The van der Waals surface area contributed by atoms with Crippen LogP contribution in [-0.4, -0.2) is 70.8 Å². The zero-order valence-electron chi connectivity index (χ0n) is 20.4. The average molecular weight is 515 g/mol. The molecule has 6 atom stereocenters. The summed E-state index contributed by atoms with van der Waals surface area (Å²) in [5.41, 5.74) is -1.90. The first-order valence-corrected chi connectivity index (χ1v) is 12.8. The number of hydrogen-bond acceptors (Lipinski definition) is 6. The number of aliphatic hydroxyl groups excluding tert-OH is 1. The molecule has 1 spiro atoms. The summed E-state index contributed by atoms with van der Waals surface area (Å²) in [5, 5.41) is 10.6. The van der Waals surface area contributed by atoms with Crippen molar-refractivity contribution in [3.8, 4) is 0 Å². The molecule has 1 aromatic carbocycles. The van der Waals surface area contributed by atoms with Crippen LogP contribution in [0.4, 0.5) is 5.69 Å². The fourth-order valence-electron chi connectivity index (χ4n) is 6.15. The smallest absolute Gasteiger partial charge is 0.313 e. The highest BCUT2D eigenvalue weighted by Gasteiger charge is 2.75. The topological polar surface area (TPSA) is 96.4 Å². The van der Waals surface area contributed by atoms with Gasteiger partial charge in [-0.3, -0.25) is 14.4 Å². The number of anilines is 1. The lowest BCUT2D eigenvalue weighted by molar-refractivity contribution is -0.159. The molecule has 4 aliphatic rings. The summed E-state index contributed by atoms with van der Waals surface area (Å²) in [6, 6.07) is 5.17. The van der Waals surface area contributed by atoms with E-state index in [1.54, 1.807) is 49.1 Å². The number of cyclic esters (lactones) is 1. The first kappa shape index (κ1) is 25.0. The lowest BCUT2D eigenvalue weighted by Gasteiger charge is -2.39. The molecule has 2 saturated heterocycles. The molecule has 0 aliphatic carbocycles. The number of fused-ring (bicyclic) bond motifs is 2. The van der Waals surface area contributed by atoms with Crippen LogP contribution < -0.4 is 4.90 Å². The minimum absolute atomic E-state index is 0.256. The highest BCUT2D eigenvalue weighted by atomic mass is 35.5. The van der Waals surface area contributed by atoms with Gasteiger partial charge in [0.05, 0.1) is 30.8 Å². The molecule has 1 unspecified atom stereocenters. The summed E-state index contributed by atoms with van der Waals surface area (Å²) in [7, 11) is 0. The van der Waals surface area contributed by atoms with Crippen molar-refractivity contribution in [1.29, 1.82) is 0 Å². The number of aliphatic hydroxyl groups is 1. The van der Waals surface area contributed by atoms with Gasteiger partial charge in [0.25, 0.3) is 5.91 Å². The van der Waals surface area contributed by atoms with Gasteiger partial charge in [-0.05, 0) is 57.4 Å². The highest BCUT2D eigenvalue weighted by Crippen LogP contribution is 2.57. The maximum absolute atomic E-state index is 14.2. The Balaban J connectivity index is 1.65. The number of allylic oxidation sites excluding steroid dienone is 1. The van der Waals surface area contributed by atoms with E-state index in [1.165, 1.54) is 4.90 Å². The number of carbonyl (C=O) groups is 3. The van der Waals surface area contributed by atoms with Gasteiger partial charge in [-0.1, -0.05) is 35.9 Å². The zero-order chi connectivity index (χ0) is 25.7. The second kappa shape index (κ2) is 9.32. The fraction of sp³-hybridized carbons (Fsp3) is 0.519. The van der Waals surface area contributed by atoms with Crippen LogP contribution in [0.15, 0.2) is 48.6 Å². The molecular formula is C27H31ClN2O6. The van der Waals surface area contributed by atoms with E-state index in [-0.39, 0.29) is 25.7 Å². The normalized spacial score (nSPS) is 36.0. The quantitative estimate of drug-likeness (QED) is 0.492. The van der Waals surface area contributed by atoms with E-state index in [0.717, 1.165) is 19.3 Å². The number of esters is 1. The molecule has 192 valence electrons. The first-order valence-electron chi connectivity index (χ1n) is 12.5. The molecule has 2 fully saturated rings. The first-order chi connectivity index (χ1) is 17.2. The van der Waals surface area contributed by atoms with Gasteiger partial charge in [0.1, 0.15) is 17.6 Å². The van der Waals surface area contributed by atoms with E-state index >= 15 is 0 Å². The van der Waals surface area contributed by atoms with Crippen molar-refractivity contribution in [1.82, 2.24) is 4.90 Å². The van der Waals surface area contributed by atoms with E-state index in [1.807, 2.05) is 18.2 Å². The highest BCUT2D eigenvalue weighted by molar-refractivity contribution is 6.30. The van der Waals surface area contributed by atoms with Gasteiger partial charge in [-0.2, -0.15) is 0 Å². The maximum atomic E-state index is 14.2. The summed E-state index contributed by atoms with van der Waals surface area (Å²) in [5.74, 6) is -3.14. The van der Waals surface area contributed by atoms with Crippen molar-refractivity contribution in [2.45, 2.75) is 56.4 Å². The van der Waals surface area contributed by atoms with Crippen LogP contribution in [0, 0.1) is 11.8 Å². The number of halogens is 1. The van der Waals surface area contributed by atoms with Crippen molar-refractivity contribution in [3.05, 3.63) is 53.6 Å². The zero-order valence-corrected chi connectivity index (χ0v) is 21.2. The number of likely N-dealkylation sites (tertiary alicyclic amines) is 1. The van der Waals surface area contributed by atoms with Crippen LogP contribution in [0.5, 0.6) is 0 Å². The minimum Gasteiger partial charge on any atom is -0.465 e. The van der Waals surface area contributed by atoms with Gasteiger partial charge in [0.15, 0.2) is 0 Å². The Morgan fingerprint density at radius 1 is 1.08 bits per heavy atom. The molecule has 0 radical (unpaired) electrons. The molecule has 5 rings (SSSR count). The summed E-state index contributed by atoms with van der Waals surface area (Å²) >= 11 is 6.06. The SMILES string of the molecule is C[C@H](CO)N1C(=O)[C@@H]2[C@@H]3C(=O)OCCCC/C=C\[C@]3(C)O[C@@]23C=CCN(c2ccc(Cl)cc2)C(=O)C13. The summed E-state index contributed by atoms with van der Waals surface area (Å²) in [4.78, 5) is 44.7. The van der Waals surface area contributed by atoms with E-state index in [4.69, 9.17) is 21.1 Å². The largest absolute Gasteiger partial charge is 0.465 e. The minimum atomic E-state index is -1.39. The van der Waals surface area contributed by atoms with Gasteiger partial charge in [0.2, 0.25) is 5.91 Å². The molecule has 2 amide bonds. The van der Waals surface area contributed by atoms with Crippen LogP contribution in [0.1, 0.15) is 33.1 Å². The van der Waals surface area contributed by atoms with E-state index in [0.29, 0.717) is 10.7 Å². The maximum Gasteiger partial charge on any atom is 0.313 e. The number of benzene rings is 1. The molecule has 0 aromatic heterocycles. The van der Waals surface area contributed by atoms with E-state index in [2.05, 4.69) is 0 Å². The van der Waals surface area contributed by atoms with Crippen molar-refractivity contribution in [2.75, 3.05) is 24.7 Å². The van der Waals surface area contributed by atoms with Crippen molar-refractivity contribution in [3.63, 3.8) is 0 Å². The number of amides is 2. The van der Waals surface area contributed by atoms with Gasteiger partial charge < -0.3 is 24.4 Å². The Hall–Kier alpha value is -2.68. The van der Waals surface area contributed by atoms with Crippen molar-refractivity contribution in [2.24, 2.45) is 11.8 Å². The Kier molecular flexibility index (Phi) is 6.47. The lowest BCUT2D eigenvalue weighted by atomic mass is 9.74. The Bertz CT molecular complexity index is 1120. The van der Waals surface area contributed by atoms with E-state index < -0.39 is 47.0 Å². The Morgan fingerprint density at radius 3 is 2.56 bits per heavy atom.